The van der Waals surface area contributed by atoms with Gasteiger partial charge in [-0.1, -0.05) is 44.2 Å². The maximum absolute atomic E-state index is 14.3. The first-order valence-corrected chi connectivity index (χ1v) is 14.5. The molecule has 2 aliphatic rings. The van der Waals surface area contributed by atoms with Crippen LogP contribution in [0.2, 0.25) is 0 Å². The van der Waals surface area contributed by atoms with Crippen LogP contribution in [0.25, 0.3) is 0 Å². The van der Waals surface area contributed by atoms with Crippen molar-refractivity contribution in [3.63, 3.8) is 0 Å². The van der Waals surface area contributed by atoms with E-state index in [-0.39, 0.29) is 36.9 Å². The van der Waals surface area contributed by atoms with E-state index in [0.29, 0.717) is 5.69 Å². The Morgan fingerprint density at radius 1 is 1.15 bits per heavy atom. The Hall–Kier alpha value is -2.84. The van der Waals surface area contributed by atoms with E-state index in [1.807, 2.05) is 13.8 Å². The fourth-order valence-electron chi connectivity index (χ4n) is 4.87. The number of sulfonamides is 1. The molecule has 5 atom stereocenters. The highest BCUT2D eigenvalue weighted by Crippen LogP contribution is 2.43. The number of nitrogen functional groups attached to an aromatic ring is 1. The van der Waals surface area contributed by atoms with Crippen LogP contribution in [-0.4, -0.2) is 80.7 Å². The third-order valence-electron chi connectivity index (χ3n) is 6.85. The third kappa shape index (κ3) is 7.07. The van der Waals surface area contributed by atoms with Crippen LogP contribution in [0.15, 0.2) is 59.5 Å². The van der Waals surface area contributed by atoms with Gasteiger partial charge in [0.2, 0.25) is 10.0 Å². The van der Waals surface area contributed by atoms with Crippen molar-refractivity contribution in [1.82, 2.24) is 9.62 Å². The molecule has 2 saturated heterocycles. The maximum atomic E-state index is 14.3. The van der Waals surface area contributed by atoms with Gasteiger partial charge in [0.05, 0.1) is 23.6 Å². The molecule has 2 aliphatic heterocycles. The number of rotatable bonds is 11. The van der Waals surface area contributed by atoms with E-state index in [4.69, 9.17) is 19.9 Å². The topological polar surface area (TPSA) is 140 Å². The van der Waals surface area contributed by atoms with E-state index in [9.17, 15) is 27.1 Å². The summed E-state index contributed by atoms with van der Waals surface area (Å²) in [5.41, 5.74) is 6.87. The fraction of sp³-hybridized carbons (Fsp3) is 0.519. The van der Waals surface area contributed by atoms with E-state index in [1.165, 1.54) is 24.3 Å². The zero-order valence-corrected chi connectivity index (χ0v) is 23.1. The highest BCUT2D eigenvalue weighted by atomic mass is 32.2. The van der Waals surface area contributed by atoms with Crippen molar-refractivity contribution in [3.05, 3.63) is 60.2 Å². The lowest BCUT2D eigenvalue weighted by Gasteiger charge is -2.31. The molecule has 0 aromatic heterocycles. The number of aliphatic hydroxyl groups is 1. The largest absolute Gasteiger partial charge is 0.443 e. The van der Waals surface area contributed by atoms with E-state index in [0.717, 1.165) is 9.87 Å². The summed E-state index contributed by atoms with van der Waals surface area (Å²) < 4.78 is 72.1. The SMILES string of the molecule is CC(C)CN(C[C@@H](O)[C@H](Cc1ccccc1)NC(=O)O[C@H]1CO[C@H]2OCC(F)(F)[C@H]21)S(=O)(=O)c1ccc(N)cc1. The number of amides is 1. The molecule has 0 saturated carbocycles. The van der Waals surface area contributed by atoms with Crippen LogP contribution >= 0.6 is 0 Å². The van der Waals surface area contributed by atoms with Gasteiger partial charge in [0, 0.05) is 18.8 Å². The predicted octanol–water partition coefficient (Wildman–Crippen LogP) is 2.62. The average molecular weight is 584 g/mol. The number of alkyl carbamates (subject to hydrolysis) is 1. The number of hydrogen-bond acceptors (Lipinski definition) is 8. The zero-order chi connectivity index (χ0) is 29.1. The summed E-state index contributed by atoms with van der Waals surface area (Å²) >= 11 is 0. The summed E-state index contributed by atoms with van der Waals surface area (Å²) in [4.78, 5) is 12.9. The Morgan fingerprint density at radius 3 is 2.48 bits per heavy atom. The normalized spacial score (nSPS) is 23.6. The number of ether oxygens (including phenoxy) is 3. The smallest absolute Gasteiger partial charge is 0.407 e. The Balaban J connectivity index is 1.52. The van der Waals surface area contributed by atoms with Crippen LogP contribution < -0.4 is 11.1 Å². The molecule has 2 heterocycles. The molecule has 1 amide bonds. The number of nitrogens with zero attached hydrogens (tertiary/aromatic N) is 1. The fourth-order valence-corrected chi connectivity index (χ4v) is 6.49. The van der Waals surface area contributed by atoms with E-state index < -0.39 is 59.1 Å². The van der Waals surface area contributed by atoms with Gasteiger partial charge in [-0.05, 0) is 42.2 Å². The number of alkyl halides is 2. The zero-order valence-electron chi connectivity index (χ0n) is 22.3. The molecule has 13 heteroatoms. The second kappa shape index (κ2) is 12.4. The van der Waals surface area contributed by atoms with Gasteiger partial charge in [-0.2, -0.15) is 4.31 Å². The van der Waals surface area contributed by atoms with E-state index in [1.54, 1.807) is 30.3 Å². The van der Waals surface area contributed by atoms with Crippen LogP contribution in [0.1, 0.15) is 19.4 Å². The Labute approximate surface area is 232 Å². The highest BCUT2D eigenvalue weighted by Gasteiger charge is 2.60. The summed E-state index contributed by atoms with van der Waals surface area (Å²) in [5.74, 6) is -4.74. The summed E-state index contributed by atoms with van der Waals surface area (Å²) in [7, 11) is -4.02. The van der Waals surface area contributed by atoms with Crippen molar-refractivity contribution in [3.8, 4) is 0 Å². The molecular weight excluding hydrogens is 548 g/mol. The molecule has 10 nitrogen and oxygen atoms in total. The van der Waals surface area contributed by atoms with Gasteiger partial charge >= 0.3 is 6.09 Å². The number of halogens is 2. The minimum Gasteiger partial charge on any atom is -0.443 e. The summed E-state index contributed by atoms with van der Waals surface area (Å²) in [6.07, 6.45) is -4.70. The van der Waals surface area contributed by atoms with Crippen molar-refractivity contribution in [2.75, 3.05) is 32.0 Å². The molecule has 0 radical (unpaired) electrons. The molecule has 4 N–H and O–H groups in total. The summed E-state index contributed by atoms with van der Waals surface area (Å²) in [5, 5.41) is 13.9. The number of anilines is 1. The number of carbonyl (C=O) groups excluding carboxylic acids is 1. The van der Waals surface area contributed by atoms with Crippen LogP contribution in [0.3, 0.4) is 0 Å². The maximum Gasteiger partial charge on any atom is 0.407 e. The first-order chi connectivity index (χ1) is 18.9. The third-order valence-corrected chi connectivity index (χ3v) is 8.69. The van der Waals surface area contributed by atoms with Crippen LogP contribution in [-0.2, 0) is 30.7 Å². The lowest BCUT2D eigenvalue weighted by Crippen LogP contribution is -2.52. The molecule has 0 aliphatic carbocycles. The number of fused-ring (bicyclic) bond motifs is 1. The Kier molecular flexibility index (Phi) is 9.30. The standard InChI is InChI=1S/C27H35F2N3O7S/c1-17(2)13-32(40(35,36)20-10-8-19(30)9-11-20)14-22(33)21(12-18-6-4-3-5-7-18)31-26(34)39-23-15-37-25-24(23)27(28,29)16-38-25/h3-11,17,21-25,33H,12-16,30H2,1-2H3,(H,31,34)/t21-,22+,23-,24-,25-/m0/s1. The second-order valence-electron chi connectivity index (χ2n) is 10.5. The molecule has 4 rings (SSSR count). The van der Waals surface area contributed by atoms with Crippen LogP contribution in [0.5, 0.6) is 0 Å². The molecule has 2 aromatic rings. The monoisotopic (exact) mass is 583 g/mol. The molecule has 2 fully saturated rings. The van der Waals surface area contributed by atoms with Crippen molar-refractivity contribution in [2.24, 2.45) is 11.8 Å². The van der Waals surface area contributed by atoms with Crippen molar-refractivity contribution in [1.29, 1.82) is 0 Å². The molecular formula is C27H35F2N3O7S. The van der Waals surface area contributed by atoms with Crippen molar-refractivity contribution >= 4 is 21.8 Å². The van der Waals surface area contributed by atoms with Gasteiger partial charge in [-0.3, -0.25) is 0 Å². The first kappa shape index (κ1) is 30.1. The minimum atomic E-state index is -4.02. The van der Waals surface area contributed by atoms with Crippen LogP contribution in [0, 0.1) is 11.8 Å². The van der Waals surface area contributed by atoms with E-state index >= 15 is 0 Å². The number of nitrogens with one attached hydrogen (secondary N) is 1. The van der Waals surface area contributed by atoms with Gasteiger partial charge in [-0.25, -0.2) is 22.0 Å². The van der Waals surface area contributed by atoms with Crippen LogP contribution in [0.4, 0.5) is 19.3 Å². The second-order valence-corrected chi connectivity index (χ2v) is 12.5. The van der Waals surface area contributed by atoms with Gasteiger partial charge in [0.1, 0.15) is 18.6 Å². The molecule has 0 unspecified atom stereocenters. The first-order valence-electron chi connectivity index (χ1n) is 13.0. The van der Waals surface area contributed by atoms with Gasteiger partial charge < -0.3 is 30.4 Å². The van der Waals surface area contributed by atoms with Gasteiger partial charge in [0.15, 0.2) is 6.29 Å². The number of carbonyl (C=O) groups is 1. The molecule has 220 valence electrons. The lowest BCUT2D eigenvalue weighted by atomic mass is 9.99. The molecule has 0 spiro atoms. The minimum absolute atomic E-state index is 0.0111. The van der Waals surface area contributed by atoms with Gasteiger partial charge in [0.25, 0.3) is 5.92 Å². The molecule has 0 bridgehead atoms. The number of aliphatic hydroxyl groups excluding tert-OH is 1. The summed E-state index contributed by atoms with van der Waals surface area (Å²) in [6, 6.07) is 13.7. The molecule has 2 aromatic carbocycles. The predicted molar refractivity (Wildman–Crippen MR) is 142 cm³/mol. The Morgan fingerprint density at radius 2 is 1.82 bits per heavy atom. The average Bonchev–Trinajstić information content (AvgIpc) is 3.44. The summed E-state index contributed by atoms with van der Waals surface area (Å²) in [6.45, 7) is 2.36. The molecule has 40 heavy (non-hydrogen) atoms. The highest BCUT2D eigenvalue weighted by molar-refractivity contribution is 7.89. The Bertz CT molecular complexity index is 1250. The quantitative estimate of drug-likeness (QED) is 0.343. The van der Waals surface area contributed by atoms with Crippen molar-refractivity contribution < 1.29 is 41.3 Å². The lowest BCUT2D eigenvalue weighted by molar-refractivity contribution is -0.0953. The number of benzene rings is 2. The number of nitrogens with two attached hydrogens (primary N) is 1. The van der Waals surface area contributed by atoms with E-state index in [2.05, 4.69) is 5.32 Å². The number of hydrogen-bond donors (Lipinski definition) is 3. The van der Waals surface area contributed by atoms with Gasteiger partial charge in [-0.15, -0.1) is 0 Å². The van der Waals surface area contributed by atoms with Crippen molar-refractivity contribution in [2.45, 2.75) is 55.6 Å².